The van der Waals surface area contributed by atoms with Crippen molar-refractivity contribution in [3.8, 4) is 5.75 Å². The Bertz CT molecular complexity index is 1350. The summed E-state index contributed by atoms with van der Waals surface area (Å²) >= 11 is 0. The van der Waals surface area contributed by atoms with E-state index in [1.807, 2.05) is 0 Å². The Labute approximate surface area is 198 Å². The van der Waals surface area contributed by atoms with Crippen LogP contribution in [0.5, 0.6) is 5.75 Å². The molecule has 0 unspecified atom stereocenters. The fourth-order valence-corrected chi connectivity index (χ4v) is 5.44. The molecule has 0 bridgehead atoms. The predicted octanol–water partition coefficient (Wildman–Crippen LogP) is 0.0300. The number of phenols is 1. The number of Topliss-reactive ketones (excluding diaryl/α,β-unsaturated/α-hetero) is 2. The number of ketones is 2. The number of benzene rings is 1. The van der Waals surface area contributed by atoms with Crippen LogP contribution in [-0.2, 0) is 20.8 Å². The number of rotatable bonds is 3. The van der Waals surface area contributed by atoms with Crippen molar-refractivity contribution in [2.75, 3.05) is 32.9 Å². The first-order valence-electron chi connectivity index (χ1n) is 13.1. The number of likely N-dealkylation sites (N-methyl/N-ethyl adjacent to an activating group) is 1. The number of nitrogens with zero attached hydrogens (tertiary/aromatic N) is 2. The van der Waals surface area contributed by atoms with Crippen LogP contribution in [0.4, 0.5) is 5.69 Å². The average molecular weight is 464 g/mol. The molecule has 1 amide bonds. The molecule has 1 aromatic rings. The van der Waals surface area contributed by atoms with E-state index in [0.29, 0.717) is 0 Å². The highest BCUT2D eigenvalue weighted by molar-refractivity contribution is 6.24. The second kappa shape index (κ2) is 7.32. The SMILES string of the molecule is [2H]C([2H])([2H])N(c1ccc(O)c2c1C[C@@H]1C[C@@H]3[C@@H](N(C)C)C(=O)C(C(N)=O)=C(O)[C@]3(O)C(=O)C1=C2O)C([2H])([2H])[2H]. The van der Waals surface area contributed by atoms with Gasteiger partial charge in [-0.3, -0.25) is 19.3 Å². The fourth-order valence-electron chi connectivity index (χ4n) is 5.44. The summed E-state index contributed by atoms with van der Waals surface area (Å²) in [7, 11) is 2.91. The molecule has 176 valence electrons. The summed E-state index contributed by atoms with van der Waals surface area (Å²) in [4.78, 5) is 40.5. The van der Waals surface area contributed by atoms with Gasteiger partial charge in [0.25, 0.3) is 5.91 Å². The van der Waals surface area contributed by atoms with Gasteiger partial charge in [0.05, 0.1) is 11.6 Å². The van der Waals surface area contributed by atoms with E-state index in [2.05, 4.69) is 0 Å². The standard InChI is InChI=1S/C23H27N3O7/c1-25(2)12-5-6-13(27)15-10(12)7-9-8-11-17(26(3)4)19(29)16(22(24)32)21(31)23(11,33)20(30)14(9)18(15)28/h5-6,9,11,17,27-28,31,33H,7-8H2,1-4H3,(H2,24,32)/t9-,11-,17-,23-/m1/s1/i1D3,2D3. The first-order valence-corrected chi connectivity index (χ1v) is 10.1. The molecule has 0 radical (unpaired) electrons. The minimum Gasteiger partial charge on any atom is -0.508 e. The number of carbonyl (C=O) groups is 3. The highest BCUT2D eigenvalue weighted by atomic mass is 16.3. The van der Waals surface area contributed by atoms with Gasteiger partial charge in [0.2, 0.25) is 5.78 Å². The van der Waals surface area contributed by atoms with Crippen LogP contribution in [0.2, 0.25) is 0 Å². The van der Waals surface area contributed by atoms with E-state index in [1.54, 1.807) is 0 Å². The molecular formula is C23H27N3O7. The number of hydrogen-bond donors (Lipinski definition) is 5. The average Bonchev–Trinajstić information content (AvgIpc) is 2.75. The van der Waals surface area contributed by atoms with Crippen molar-refractivity contribution in [3.63, 3.8) is 0 Å². The van der Waals surface area contributed by atoms with Crippen molar-refractivity contribution in [2.45, 2.75) is 24.5 Å². The smallest absolute Gasteiger partial charge is 0.255 e. The molecule has 10 heteroatoms. The lowest BCUT2D eigenvalue weighted by Gasteiger charge is -2.50. The molecule has 4 atom stereocenters. The Morgan fingerprint density at radius 3 is 2.45 bits per heavy atom. The molecule has 1 saturated carbocycles. The lowest BCUT2D eigenvalue weighted by molar-refractivity contribution is -0.153. The number of carbonyl (C=O) groups excluding carboxylic acids is 3. The van der Waals surface area contributed by atoms with Crippen LogP contribution in [0.1, 0.15) is 25.8 Å². The van der Waals surface area contributed by atoms with Gasteiger partial charge in [0.1, 0.15) is 22.8 Å². The summed E-state index contributed by atoms with van der Waals surface area (Å²) in [5.74, 6) is -8.56. The van der Waals surface area contributed by atoms with Crippen molar-refractivity contribution < 1.29 is 43.0 Å². The van der Waals surface area contributed by atoms with Gasteiger partial charge in [-0.1, -0.05) is 0 Å². The molecule has 0 spiro atoms. The van der Waals surface area contributed by atoms with Crippen LogP contribution < -0.4 is 10.6 Å². The maximum absolute atomic E-state index is 13.8. The van der Waals surface area contributed by atoms with E-state index in [1.165, 1.54) is 19.0 Å². The molecule has 1 aromatic carbocycles. The fraction of sp³-hybridized carbons (Fsp3) is 0.435. The Kier molecular flexibility index (Phi) is 3.61. The zero-order valence-corrected chi connectivity index (χ0v) is 17.8. The number of nitrogens with two attached hydrogens (primary N) is 1. The minimum atomic E-state index is -3.16. The van der Waals surface area contributed by atoms with E-state index >= 15 is 0 Å². The molecule has 1 fully saturated rings. The van der Waals surface area contributed by atoms with Crippen LogP contribution in [0, 0.1) is 11.8 Å². The van der Waals surface area contributed by atoms with Crippen LogP contribution in [-0.4, -0.2) is 82.5 Å². The van der Waals surface area contributed by atoms with Gasteiger partial charge < -0.3 is 31.1 Å². The molecule has 0 aliphatic heterocycles. The van der Waals surface area contributed by atoms with Crippen molar-refractivity contribution in [1.29, 1.82) is 0 Å². The van der Waals surface area contributed by atoms with Gasteiger partial charge in [0.15, 0.2) is 11.4 Å². The molecule has 0 saturated heterocycles. The van der Waals surface area contributed by atoms with Gasteiger partial charge in [-0.2, -0.15) is 0 Å². The second-order valence-corrected chi connectivity index (χ2v) is 8.75. The van der Waals surface area contributed by atoms with Crippen LogP contribution in [0.15, 0.2) is 29.0 Å². The van der Waals surface area contributed by atoms with Gasteiger partial charge in [-0.05, 0) is 50.6 Å². The molecule has 0 heterocycles. The monoisotopic (exact) mass is 463 g/mol. The molecule has 0 aromatic heterocycles. The Balaban J connectivity index is 2.00. The summed E-state index contributed by atoms with van der Waals surface area (Å²) in [6.07, 6.45) is -0.497. The zero-order valence-electron chi connectivity index (χ0n) is 23.8. The number of hydrogen-bond acceptors (Lipinski definition) is 9. The summed E-state index contributed by atoms with van der Waals surface area (Å²) < 4.78 is 46.8. The van der Waals surface area contributed by atoms with Gasteiger partial charge >= 0.3 is 0 Å². The maximum atomic E-state index is 13.8. The van der Waals surface area contributed by atoms with Crippen LogP contribution in [0.25, 0.3) is 5.76 Å². The van der Waals surface area contributed by atoms with E-state index in [0.717, 1.165) is 12.1 Å². The lowest BCUT2D eigenvalue weighted by Crippen LogP contribution is -2.65. The second-order valence-electron chi connectivity index (χ2n) is 8.75. The van der Waals surface area contributed by atoms with Crippen molar-refractivity contribution >= 4 is 28.9 Å². The third-order valence-electron chi connectivity index (χ3n) is 6.82. The predicted molar refractivity (Wildman–Crippen MR) is 119 cm³/mol. The number of primary amides is 1. The van der Waals surface area contributed by atoms with Gasteiger partial charge in [-0.25, -0.2) is 0 Å². The van der Waals surface area contributed by atoms with Crippen molar-refractivity contribution in [2.24, 2.45) is 17.6 Å². The topological polar surface area (TPSA) is 165 Å². The van der Waals surface area contributed by atoms with E-state index in [-0.39, 0.29) is 29.0 Å². The first-order chi connectivity index (χ1) is 17.8. The molecule has 10 nitrogen and oxygen atoms in total. The molecule has 3 aliphatic rings. The maximum Gasteiger partial charge on any atom is 0.255 e. The number of aliphatic hydroxyl groups is 3. The summed E-state index contributed by atoms with van der Waals surface area (Å²) in [5, 5.41) is 44.3. The molecule has 3 aliphatic carbocycles. The van der Waals surface area contributed by atoms with Crippen LogP contribution in [0.3, 0.4) is 0 Å². The zero-order chi connectivity index (χ0) is 29.6. The van der Waals surface area contributed by atoms with Crippen molar-refractivity contribution in [3.05, 3.63) is 40.2 Å². The summed E-state index contributed by atoms with van der Waals surface area (Å²) in [5.41, 5.74) is 0.227. The molecule has 33 heavy (non-hydrogen) atoms. The van der Waals surface area contributed by atoms with E-state index in [9.17, 15) is 34.8 Å². The van der Waals surface area contributed by atoms with E-state index in [4.69, 9.17) is 14.0 Å². The first kappa shape index (κ1) is 16.3. The molecule has 6 N–H and O–H groups in total. The highest BCUT2D eigenvalue weighted by Crippen LogP contribution is 2.53. The third-order valence-corrected chi connectivity index (χ3v) is 6.82. The minimum absolute atomic E-state index is 0.0760. The molecular weight excluding hydrogens is 430 g/mol. The van der Waals surface area contributed by atoms with Gasteiger partial charge in [-0.15, -0.1) is 0 Å². The van der Waals surface area contributed by atoms with Gasteiger partial charge in [0, 0.05) is 39.4 Å². The number of aromatic hydroxyl groups is 1. The normalized spacial score (nSPS) is 32.5. The number of aliphatic hydroxyl groups excluding tert-OH is 2. The van der Waals surface area contributed by atoms with E-state index < -0.39 is 88.9 Å². The van der Waals surface area contributed by atoms with Crippen LogP contribution >= 0.6 is 0 Å². The molecule has 4 rings (SSSR count). The Hall–Kier alpha value is -3.37. The largest absolute Gasteiger partial charge is 0.508 e. The van der Waals surface area contributed by atoms with Crippen molar-refractivity contribution in [1.82, 2.24) is 4.90 Å². The number of anilines is 1. The lowest BCUT2D eigenvalue weighted by atomic mass is 9.57. The summed E-state index contributed by atoms with van der Waals surface area (Å²) in [6, 6.07) is 0.740. The number of amides is 1. The number of fused-ring (bicyclic) bond motifs is 3. The third kappa shape index (κ3) is 2.90. The summed E-state index contributed by atoms with van der Waals surface area (Å²) in [6.45, 7) is -6.32. The Morgan fingerprint density at radius 1 is 1.21 bits per heavy atom. The quantitative estimate of drug-likeness (QED) is 0.389. The Morgan fingerprint density at radius 2 is 1.88 bits per heavy atom. The number of phenolic OH excluding ortho intramolecular Hbond substituents is 1. The highest BCUT2D eigenvalue weighted by Gasteiger charge is 2.64.